The standard InChI is InChI=1S/C23H16Cl2N2OS2/c24-17-11-18(25)13-19(12-17)26-20(28)14-29-23-27-21(15-7-3-1-4-8-15)22(30-23)16-9-5-2-6-10-16/h1-13H,14H2,(H,26,28). The third kappa shape index (κ3) is 5.24. The summed E-state index contributed by atoms with van der Waals surface area (Å²) in [5.41, 5.74) is 3.67. The molecule has 0 aliphatic heterocycles. The Morgan fingerprint density at radius 3 is 2.13 bits per heavy atom. The zero-order chi connectivity index (χ0) is 20.9. The topological polar surface area (TPSA) is 42.0 Å². The van der Waals surface area contributed by atoms with Crippen LogP contribution in [0.1, 0.15) is 0 Å². The van der Waals surface area contributed by atoms with Crippen molar-refractivity contribution < 1.29 is 4.79 Å². The van der Waals surface area contributed by atoms with Crippen LogP contribution in [0.5, 0.6) is 0 Å². The van der Waals surface area contributed by atoms with E-state index in [1.165, 1.54) is 11.8 Å². The summed E-state index contributed by atoms with van der Waals surface area (Å²) >= 11 is 15.0. The molecule has 0 unspecified atom stereocenters. The lowest BCUT2D eigenvalue weighted by Gasteiger charge is -2.05. The molecule has 0 aliphatic rings. The number of nitrogens with zero attached hydrogens (tertiary/aromatic N) is 1. The number of amides is 1. The minimum absolute atomic E-state index is 0.143. The molecule has 3 aromatic carbocycles. The molecule has 1 N–H and O–H groups in total. The number of carbonyl (C=O) groups is 1. The van der Waals surface area contributed by atoms with Gasteiger partial charge in [0.15, 0.2) is 4.34 Å². The molecular formula is C23H16Cl2N2OS2. The molecule has 0 aliphatic carbocycles. The van der Waals surface area contributed by atoms with E-state index in [0.717, 1.165) is 26.0 Å². The van der Waals surface area contributed by atoms with Crippen molar-refractivity contribution >= 4 is 57.9 Å². The van der Waals surface area contributed by atoms with E-state index in [0.29, 0.717) is 15.7 Å². The third-order valence-corrected chi connectivity index (χ3v) is 6.85. The number of carbonyl (C=O) groups excluding carboxylic acids is 1. The van der Waals surface area contributed by atoms with Crippen LogP contribution in [0, 0.1) is 0 Å². The van der Waals surface area contributed by atoms with E-state index in [9.17, 15) is 4.79 Å². The fourth-order valence-electron chi connectivity index (χ4n) is 2.89. The average Bonchev–Trinajstić information content (AvgIpc) is 3.17. The molecule has 7 heteroatoms. The quantitative estimate of drug-likeness (QED) is 0.296. The van der Waals surface area contributed by atoms with Crippen LogP contribution < -0.4 is 5.32 Å². The van der Waals surface area contributed by atoms with Gasteiger partial charge in [0.25, 0.3) is 0 Å². The maximum atomic E-state index is 12.4. The fourth-order valence-corrected chi connectivity index (χ4v) is 5.39. The van der Waals surface area contributed by atoms with Gasteiger partial charge in [-0.1, -0.05) is 95.6 Å². The predicted octanol–water partition coefficient (Wildman–Crippen LogP) is 7.51. The number of benzene rings is 3. The molecule has 1 heterocycles. The van der Waals surface area contributed by atoms with Gasteiger partial charge in [0.05, 0.1) is 16.3 Å². The Kier molecular flexibility index (Phi) is 6.75. The Balaban J connectivity index is 1.53. The summed E-state index contributed by atoms with van der Waals surface area (Å²) < 4.78 is 0.840. The first-order valence-electron chi connectivity index (χ1n) is 9.09. The first-order valence-corrected chi connectivity index (χ1v) is 11.6. The first-order chi connectivity index (χ1) is 14.6. The molecular weight excluding hydrogens is 455 g/mol. The summed E-state index contributed by atoms with van der Waals surface area (Å²) in [7, 11) is 0. The van der Waals surface area contributed by atoms with Crippen molar-refractivity contribution in [2.45, 2.75) is 4.34 Å². The molecule has 3 nitrogen and oxygen atoms in total. The van der Waals surface area contributed by atoms with Gasteiger partial charge in [0.1, 0.15) is 0 Å². The predicted molar refractivity (Wildman–Crippen MR) is 129 cm³/mol. The number of halogens is 2. The van der Waals surface area contributed by atoms with Crippen molar-refractivity contribution in [1.29, 1.82) is 0 Å². The van der Waals surface area contributed by atoms with Crippen LogP contribution in [0.4, 0.5) is 5.69 Å². The van der Waals surface area contributed by atoms with Gasteiger partial charge >= 0.3 is 0 Å². The van der Waals surface area contributed by atoms with Gasteiger partial charge in [-0.3, -0.25) is 4.79 Å². The Bertz CT molecular complexity index is 1090. The van der Waals surface area contributed by atoms with E-state index in [1.54, 1.807) is 29.5 Å². The second-order valence-corrected chi connectivity index (χ2v) is 9.48. The van der Waals surface area contributed by atoms with Crippen molar-refractivity contribution in [3.63, 3.8) is 0 Å². The van der Waals surface area contributed by atoms with E-state index in [1.807, 2.05) is 48.5 Å². The molecule has 4 rings (SSSR count). The zero-order valence-corrected chi connectivity index (χ0v) is 18.8. The van der Waals surface area contributed by atoms with Crippen LogP contribution in [-0.2, 0) is 4.79 Å². The Morgan fingerprint density at radius 2 is 1.50 bits per heavy atom. The summed E-state index contributed by atoms with van der Waals surface area (Å²) in [5.74, 6) is 0.0937. The zero-order valence-electron chi connectivity index (χ0n) is 15.6. The second kappa shape index (κ2) is 9.67. The Hall–Kier alpha value is -2.31. The molecule has 0 bridgehead atoms. The highest BCUT2D eigenvalue weighted by atomic mass is 35.5. The van der Waals surface area contributed by atoms with Gasteiger partial charge in [-0.05, 0) is 23.8 Å². The molecule has 1 amide bonds. The number of hydrogen-bond acceptors (Lipinski definition) is 4. The molecule has 0 spiro atoms. The molecule has 0 fully saturated rings. The third-order valence-electron chi connectivity index (χ3n) is 4.16. The summed E-state index contributed by atoms with van der Waals surface area (Å²) in [4.78, 5) is 18.3. The van der Waals surface area contributed by atoms with Crippen molar-refractivity contribution in [2.24, 2.45) is 0 Å². The molecule has 150 valence electrons. The molecule has 1 aromatic heterocycles. The lowest BCUT2D eigenvalue weighted by Crippen LogP contribution is -2.13. The highest BCUT2D eigenvalue weighted by Gasteiger charge is 2.16. The molecule has 0 saturated heterocycles. The van der Waals surface area contributed by atoms with Crippen LogP contribution in [-0.4, -0.2) is 16.6 Å². The van der Waals surface area contributed by atoms with Crippen LogP contribution in [0.2, 0.25) is 10.0 Å². The van der Waals surface area contributed by atoms with Crippen LogP contribution in [0.15, 0.2) is 83.2 Å². The van der Waals surface area contributed by atoms with Gasteiger partial charge in [0.2, 0.25) is 5.91 Å². The maximum Gasteiger partial charge on any atom is 0.234 e. The van der Waals surface area contributed by atoms with Crippen molar-refractivity contribution in [3.8, 4) is 21.7 Å². The number of thioether (sulfide) groups is 1. The number of anilines is 1. The number of aromatic nitrogens is 1. The molecule has 30 heavy (non-hydrogen) atoms. The summed E-state index contributed by atoms with van der Waals surface area (Å²) in [6, 6.07) is 25.2. The lowest BCUT2D eigenvalue weighted by atomic mass is 10.1. The highest BCUT2D eigenvalue weighted by molar-refractivity contribution is 8.01. The largest absolute Gasteiger partial charge is 0.325 e. The van der Waals surface area contributed by atoms with E-state index in [4.69, 9.17) is 28.2 Å². The van der Waals surface area contributed by atoms with Crippen molar-refractivity contribution in [3.05, 3.63) is 88.9 Å². The van der Waals surface area contributed by atoms with Crippen LogP contribution >= 0.6 is 46.3 Å². The van der Waals surface area contributed by atoms with Gasteiger partial charge < -0.3 is 5.32 Å². The normalized spacial score (nSPS) is 10.7. The first kappa shape index (κ1) is 20.9. The fraction of sp³-hybridized carbons (Fsp3) is 0.0435. The van der Waals surface area contributed by atoms with E-state index in [-0.39, 0.29) is 11.7 Å². The molecule has 4 aromatic rings. The van der Waals surface area contributed by atoms with E-state index in [2.05, 4.69) is 17.4 Å². The second-order valence-electron chi connectivity index (χ2n) is 6.38. The minimum atomic E-state index is -0.143. The molecule has 0 saturated carbocycles. The minimum Gasteiger partial charge on any atom is -0.325 e. The number of thiazole rings is 1. The SMILES string of the molecule is O=C(CSc1nc(-c2ccccc2)c(-c2ccccc2)s1)Nc1cc(Cl)cc(Cl)c1. The molecule has 0 atom stereocenters. The van der Waals surface area contributed by atoms with Crippen molar-refractivity contribution in [2.75, 3.05) is 11.1 Å². The Labute approximate surface area is 193 Å². The van der Waals surface area contributed by atoms with E-state index < -0.39 is 0 Å². The van der Waals surface area contributed by atoms with Gasteiger partial charge in [-0.25, -0.2) is 4.98 Å². The van der Waals surface area contributed by atoms with Gasteiger partial charge in [0, 0.05) is 21.3 Å². The highest BCUT2D eigenvalue weighted by Crippen LogP contribution is 2.40. The Morgan fingerprint density at radius 1 is 0.900 bits per heavy atom. The summed E-state index contributed by atoms with van der Waals surface area (Å²) in [5, 5.41) is 3.78. The number of nitrogens with one attached hydrogen (secondary N) is 1. The number of hydrogen-bond donors (Lipinski definition) is 1. The maximum absolute atomic E-state index is 12.4. The van der Waals surface area contributed by atoms with Gasteiger partial charge in [-0.15, -0.1) is 11.3 Å². The smallest absolute Gasteiger partial charge is 0.234 e. The van der Waals surface area contributed by atoms with E-state index >= 15 is 0 Å². The monoisotopic (exact) mass is 470 g/mol. The summed E-state index contributed by atoms with van der Waals surface area (Å²) in [6.45, 7) is 0. The van der Waals surface area contributed by atoms with Crippen LogP contribution in [0.25, 0.3) is 21.7 Å². The number of rotatable bonds is 6. The van der Waals surface area contributed by atoms with Crippen LogP contribution in [0.3, 0.4) is 0 Å². The average molecular weight is 471 g/mol. The van der Waals surface area contributed by atoms with Gasteiger partial charge in [-0.2, -0.15) is 0 Å². The van der Waals surface area contributed by atoms with Crippen molar-refractivity contribution in [1.82, 2.24) is 4.98 Å². The lowest BCUT2D eigenvalue weighted by molar-refractivity contribution is -0.113. The summed E-state index contributed by atoms with van der Waals surface area (Å²) in [6.07, 6.45) is 0. The molecule has 0 radical (unpaired) electrons.